The first-order valence-electron chi connectivity index (χ1n) is 8.96. The summed E-state index contributed by atoms with van der Waals surface area (Å²) in [4.78, 5) is 30.3. The van der Waals surface area contributed by atoms with E-state index in [0.717, 1.165) is 49.0 Å². The monoisotopic (exact) mass is 341 g/mol. The van der Waals surface area contributed by atoms with Crippen LogP contribution in [0.1, 0.15) is 54.2 Å². The van der Waals surface area contributed by atoms with Gasteiger partial charge in [-0.3, -0.25) is 14.6 Å². The molecule has 132 valence electrons. The van der Waals surface area contributed by atoms with Gasteiger partial charge in [0, 0.05) is 36.3 Å². The van der Waals surface area contributed by atoms with E-state index in [-0.39, 0.29) is 29.8 Å². The van der Waals surface area contributed by atoms with Crippen molar-refractivity contribution in [3.05, 3.63) is 29.1 Å². The van der Waals surface area contributed by atoms with E-state index in [1.54, 1.807) is 13.1 Å². The molecular weight excluding hydrogens is 318 g/mol. The minimum absolute atomic E-state index is 0.00830. The fraction of sp³-hybridized carbons (Fsp3) is 0.526. The summed E-state index contributed by atoms with van der Waals surface area (Å²) in [5.74, 6) is -0.155. The molecule has 1 aliphatic carbocycles. The highest BCUT2D eigenvalue weighted by Crippen LogP contribution is 2.38. The number of anilines is 1. The maximum atomic E-state index is 12.0. The number of allylic oxidation sites excluding steroid dienone is 1. The zero-order valence-electron chi connectivity index (χ0n) is 14.4. The Bertz CT molecular complexity index is 745. The van der Waals surface area contributed by atoms with Gasteiger partial charge in [-0.25, -0.2) is 0 Å². The quantitative estimate of drug-likeness (QED) is 0.816. The van der Waals surface area contributed by atoms with Gasteiger partial charge in [-0.15, -0.1) is 0 Å². The molecular formula is C19H23N3O3. The van der Waals surface area contributed by atoms with E-state index in [2.05, 4.69) is 16.4 Å². The van der Waals surface area contributed by atoms with Crippen molar-refractivity contribution in [3.8, 4) is 0 Å². The van der Waals surface area contributed by atoms with Crippen LogP contribution in [0.4, 0.5) is 5.69 Å². The normalized spacial score (nSPS) is 26.6. The summed E-state index contributed by atoms with van der Waals surface area (Å²) in [7, 11) is 0. The molecule has 1 amide bonds. The van der Waals surface area contributed by atoms with E-state index < -0.39 is 6.61 Å². The third kappa shape index (κ3) is 2.74. The number of carbonyl (C=O) groups is 2. The van der Waals surface area contributed by atoms with Crippen LogP contribution in [0.2, 0.25) is 0 Å². The van der Waals surface area contributed by atoms with Gasteiger partial charge in [0.1, 0.15) is 6.61 Å². The molecule has 2 bridgehead atoms. The van der Waals surface area contributed by atoms with Crippen molar-refractivity contribution >= 4 is 23.5 Å². The summed E-state index contributed by atoms with van der Waals surface area (Å²) in [5, 5.41) is 12.8. The number of amides is 1. The van der Waals surface area contributed by atoms with Crippen molar-refractivity contribution < 1.29 is 14.7 Å². The smallest absolute Gasteiger partial charge is 0.248 e. The number of fused-ring (bicyclic) bond motifs is 3. The van der Waals surface area contributed by atoms with Crippen molar-refractivity contribution in [1.29, 1.82) is 0 Å². The molecule has 2 fully saturated rings. The molecule has 0 aromatic carbocycles. The highest BCUT2D eigenvalue weighted by molar-refractivity contribution is 6.01. The van der Waals surface area contributed by atoms with Crippen molar-refractivity contribution in [2.45, 2.75) is 57.2 Å². The van der Waals surface area contributed by atoms with Gasteiger partial charge < -0.3 is 15.3 Å². The third-order valence-corrected chi connectivity index (χ3v) is 5.68. The van der Waals surface area contributed by atoms with Crippen LogP contribution in [0.15, 0.2) is 12.3 Å². The second kappa shape index (κ2) is 6.26. The number of aromatic nitrogens is 1. The molecule has 0 spiro atoms. The molecule has 3 heterocycles. The van der Waals surface area contributed by atoms with Gasteiger partial charge >= 0.3 is 0 Å². The summed E-state index contributed by atoms with van der Waals surface area (Å²) in [6.07, 6.45) is 10.3. The molecule has 2 N–H and O–H groups in total. The molecule has 1 aromatic heterocycles. The number of pyridine rings is 1. The van der Waals surface area contributed by atoms with Crippen LogP contribution in [0.5, 0.6) is 0 Å². The minimum atomic E-state index is -0.414. The lowest BCUT2D eigenvalue weighted by Gasteiger charge is -2.39. The molecule has 0 unspecified atom stereocenters. The van der Waals surface area contributed by atoms with Crippen LogP contribution < -0.4 is 5.32 Å². The number of ketones is 1. The SMILES string of the molecule is CC(=O)c1cnc2c(c1NC1C[C@@H]3CC[C@@H](C1)N3C(=O)CO)C=CC2. The fourth-order valence-corrected chi connectivity index (χ4v) is 4.61. The highest BCUT2D eigenvalue weighted by Gasteiger charge is 2.43. The number of aliphatic hydroxyl groups is 1. The van der Waals surface area contributed by atoms with Crippen molar-refractivity contribution in [2.24, 2.45) is 0 Å². The predicted molar refractivity (Wildman–Crippen MR) is 94.4 cm³/mol. The molecule has 6 nitrogen and oxygen atoms in total. The lowest BCUT2D eigenvalue weighted by Crippen LogP contribution is -2.50. The van der Waals surface area contributed by atoms with E-state index in [1.165, 1.54) is 0 Å². The molecule has 25 heavy (non-hydrogen) atoms. The first kappa shape index (κ1) is 16.3. The molecule has 6 heteroatoms. The maximum Gasteiger partial charge on any atom is 0.248 e. The Labute approximate surface area is 146 Å². The van der Waals surface area contributed by atoms with Gasteiger partial charge in [0.15, 0.2) is 5.78 Å². The average Bonchev–Trinajstić information content (AvgIpc) is 3.17. The number of nitrogens with one attached hydrogen (secondary N) is 1. The minimum Gasteiger partial charge on any atom is -0.387 e. The number of nitrogens with zero attached hydrogens (tertiary/aromatic N) is 2. The van der Waals surface area contributed by atoms with Crippen LogP contribution in [-0.2, 0) is 11.2 Å². The lowest BCUT2D eigenvalue weighted by molar-refractivity contribution is -0.138. The van der Waals surface area contributed by atoms with E-state index in [0.29, 0.717) is 5.56 Å². The summed E-state index contributed by atoms with van der Waals surface area (Å²) in [6, 6.07) is 0.586. The molecule has 2 saturated heterocycles. The maximum absolute atomic E-state index is 12.0. The number of hydrogen-bond acceptors (Lipinski definition) is 5. The Morgan fingerprint density at radius 1 is 1.32 bits per heavy atom. The Hall–Kier alpha value is -2.21. The second-order valence-electron chi connectivity index (χ2n) is 7.23. The van der Waals surface area contributed by atoms with Crippen LogP contribution in [-0.4, -0.2) is 51.4 Å². The standard InChI is InChI=1S/C19H23N3O3/c1-11(24)16-9-20-17-4-2-3-15(17)19(16)21-12-7-13-5-6-14(8-12)22(13)18(25)10-23/h2-3,9,12-14,23H,4-8,10H2,1H3,(H,20,21)/t13-,14-/m0/s1. The van der Waals surface area contributed by atoms with E-state index >= 15 is 0 Å². The van der Waals surface area contributed by atoms with E-state index in [9.17, 15) is 14.7 Å². The van der Waals surface area contributed by atoms with Gasteiger partial charge in [0.05, 0.1) is 16.9 Å². The number of rotatable bonds is 4. The van der Waals surface area contributed by atoms with Gasteiger partial charge in [-0.05, 0) is 32.6 Å². The summed E-state index contributed by atoms with van der Waals surface area (Å²) >= 11 is 0. The topological polar surface area (TPSA) is 82.5 Å². The van der Waals surface area contributed by atoms with Gasteiger partial charge in [-0.2, -0.15) is 0 Å². The van der Waals surface area contributed by atoms with Gasteiger partial charge in [0.2, 0.25) is 5.91 Å². The predicted octanol–water partition coefficient (Wildman–Crippen LogP) is 1.78. The fourth-order valence-electron chi connectivity index (χ4n) is 4.61. The van der Waals surface area contributed by atoms with Crippen molar-refractivity contribution in [1.82, 2.24) is 9.88 Å². The summed E-state index contributed by atoms with van der Waals surface area (Å²) in [5.41, 5.74) is 3.54. The average molecular weight is 341 g/mol. The molecule has 0 radical (unpaired) electrons. The molecule has 4 rings (SSSR count). The van der Waals surface area contributed by atoms with Crippen LogP contribution in [0.3, 0.4) is 0 Å². The number of carbonyl (C=O) groups excluding carboxylic acids is 2. The van der Waals surface area contributed by atoms with Crippen molar-refractivity contribution in [3.63, 3.8) is 0 Å². The first-order valence-corrected chi connectivity index (χ1v) is 8.96. The van der Waals surface area contributed by atoms with Crippen LogP contribution in [0, 0.1) is 0 Å². The number of Topliss-reactive ketones (excluding diaryl/α,β-unsaturated/α-hetero) is 1. The summed E-state index contributed by atoms with van der Waals surface area (Å²) < 4.78 is 0. The zero-order valence-corrected chi connectivity index (χ0v) is 14.4. The summed E-state index contributed by atoms with van der Waals surface area (Å²) in [6.45, 7) is 1.15. The highest BCUT2D eigenvalue weighted by atomic mass is 16.3. The van der Waals surface area contributed by atoms with Crippen molar-refractivity contribution in [2.75, 3.05) is 11.9 Å². The molecule has 2 aliphatic heterocycles. The Morgan fingerprint density at radius 3 is 2.68 bits per heavy atom. The number of piperidine rings is 1. The first-order chi connectivity index (χ1) is 12.1. The van der Waals surface area contributed by atoms with Gasteiger partial charge in [0.25, 0.3) is 0 Å². The third-order valence-electron chi connectivity index (χ3n) is 5.68. The van der Waals surface area contributed by atoms with Gasteiger partial charge in [-0.1, -0.05) is 12.2 Å². The lowest BCUT2D eigenvalue weighted by atomic mass is 9.95. The van der Waals surface area contributed by atoms with Crippen LogP contribution in [0.25, 0.3) is 6.08 Å². The zero-order chi connectivity index (χ0) is 17.6. The largest absolute Gasteiger partial charge is 0.387 e. The Kier molecular flexibility index (Phi) is 4.07. The molecule has 2 atom stereocenters. The Balaban J connectivity index is 1.59. The number of aliphatic hydroxyl groups excluding tert-OH is 1. The second-order valence-corrected chi connectivity index (χ2v) is 7.23. The van der Waals surface area contributed by atoms with Crippen LogP contribution >= 0.6 is 0 Å². The van der Waals surface area contributed by atoms with E-state index in [4.69, 9.17) is 0 Å². The molecule has 0 saturated carbocycles. The molecule has 1 aromatic rings. The number of hydrogen-bond donors (Lipinski definition) is 2. The molecule has 3 aliphatic rings. The Morgan fingerprint density at radius 2 is 2.04 bits per heavy atom. The van der Waals surface area contributed by atoms with E-state index in [1.807, 2.05) is 11.0 Å².